The van der Waals surface area contributed by atoms with Gasteiger partial charge in [-0.2, -0.15) is 0 Å². The topological polar surface area (TPSA) is 70.8 Å². The lowest BCUT2D eigenvalue weighted by atomic mass is 10.0. The normalized spacial score (nSPS) is 12.3. The molecule has 0 bridgehead atoms. The number of nitrogens with two attached hydrogens (primary N) is 1. The van der Waals surface area contributed by atoms with Crippen molar-refractivity contribution in [2.45, 2.75) is 6.92 Å². The minimum atomic E-state index is 0.851. The molecule has 5 nitrogen and oxygen atoms in total. The van der Waals surface area contributed by atoms with Crippen LogP contribution >= 0.6 is 0 Å². The third-order valence-electron chi connectivity index (χ3n) is 4.44. The number of rotatable bonds is 4. The van der Waals surface area contributed by atoms with Gasteiger partial charge in [0.15, 0.2) is 0 Å². The monoisotopic (exact) mass is 355 g/mol. The Morgan fingerprint density at radius 3 is 2.89 bits per heavy atom. The molecule has 0 aliphatic rings. The Hall–Kier alpha value is -3.44. The summed E-state index contributed by atoms with van der Waals surface area (Å²) >= 11 is 0. The van der Waals surface area contributed by atoms with Crippen LogP contribution in [-0.2, 0) is 0 Å². The molecule has 27 heavy (non-hydrogen) atoms. The number of H-pyrrole nitrogens is 1. The first-order chi connectivity index (χ1) is 13.2. The number of nitrogens with one attached hydrogen (secondary N) is 1. The van der Waals surface area contributed by atoms with Crippen LogP contribution in [0.25, 0.3) is 38.6 Å². The molecule has 5 heteroatoms. The summed E-state index contributed by atoms with van der Waals surface area (Å²) in [6, 6.07) is 14.5. The Labute approximate surface area is 157 Å². The fraction of sp³-hybridized carbons (Fsp3) is 0.0909. The molecule has 0 radical (unpaired) electrons. The maximum Gasteiger partial charge on any atom is 0.138 e. The standard InChI is InChI=1S/C22H21N5/c1-3-5-17(14-27(2)23)21-10-8-18-19(13-25-22(18)26-21)15-7-9-20-16(12-15)6-4-11-24-20/h3-14H,23H2,1-2H3,(H,25,26)/b5-3-,17-14+. The number of allylic oxidation sites excluding steroid dienone is 3. The summed E-state index contributed by atoms with van der Waals surface area (Å²) in [5.74, 6) is 5.78. The zero-order chi connectivity index (χ0) is 18.8. The number of pyridine rings is 2. The average molecular weight is 355 g/mol. The van der Waals surface area contributed by atoms with Crippen LogP contribution in [0.15, 0.2) is 73.2 Å². The van der Waals surface area contributed by atoms with Crippen molar-refractivity contribution in [3.05, 3.63) is 78.9 Å². The van der Waals surface area contributed by atoms with E-state index in [-0.39, 0.29) is 0 Å². The van der Waals surface area contributed by atoms with Gasteiger partial charge in [0.1, 0.15) is 5.65 Å². The van der Waals surface area contributed by atoms with Crippen molar-refractivity contribution < 1.29 is 0 Å². The molecule has 3 heterocycles. The van der Waals surface area contributed by atoms with Gasteiger partial charge in [-0.25, -0.2) is 10.8 Å². The molecule has 3 N–H and O–H groups in total. The number of benzene rings is 1. The molecule has 4 rings (SSSR count). The highest BCUT2D eigenvalue weighted by atomic mass is 15.4. The Morgan fingerprint density at radius 2 is 2.07 bits per heavy atom. The zero-order valence-corrected chi connectivity index (χ0v) is 15.3. The molecule has 0 saturated carbocycles. The molecule has 3 aromatic heterocycles. The fourth-order valence-corrected chi connectivity index (χ4v) is 3.24. The van der Waals surface area contributed by atoms with Crippen molar-refractivity contribution in [2.75, 3.05) is 7.05 Å². The van der Waals surface area contributed by atoms with E-state index in [9.17, 15) is 0 Å². The maximum atomic E-state index is 5.78. The van der Waals surface area contributed by atoms with Gasteiger partial charge >= 0.3 is 0 Å². The molecule has 0 aliphatic carbocycles. The molecular weight excluding hydrogens is 334 g/mol. The first kappa shape index (κ1) is 17.0. The van der Waals surface area contributed by atoms with Crippen LogP contribution in [0.4, 0.5) is 0 Å². The number of aromatic nitrogens is 3. The van der Waals surface area contributed by atoms with Crippen LogP contribution in [0, 0.1) is 0 Å². The van der Waals surface area contributed by atoms with Crippen molar-refractivity contribution in [1.82, 2.24) is 20.0 Å². The fourth-order valence-electron chi connectivity index (χ4n) is 3.24. The first-order valence-corrected chi connectivity index (χ1v) is 8.81. The summed E-state index contributed by atoms with van der Waals surface area (Å²) in [4.78, 5) is 12.5. The third-order valence-corrected chi connectivity index (χ3v) is 4.44. The van der Waals surface area contributed by atoms with Crippen LogP contribution in [0.1, 0.15) is 12.6 Å². The minimum absolute atomic E-state index is 0.851. The highest BCUT2D eigenvalue weighted by molar-refractivity contribution is 5.97. The largest absolute Gasteiger partial charge is 0.345 e. The van der Waals surface area contributed by atoms with Gasteiger partial charge in [-0.05, 0) is 42.8 Å². The van der Waals surface area contributed by atoms with E-state index in [0.29, 0.717) is 0 Å². The lowest BCUT2D eigenvalue weighted by molar-refractivity contribution is 0.486. The van der Waals surface area contributed by atoms with E-state index < -0.39 is 0 Å². The predicted molar refractivity (Wildman–Crippen MR) is 112 cm³/mol. The van der Waals surface area contributed by atoms with Crippen molar-refractivity contribution >= 4 is 27.5 Å². The molecule has 0 fully saturated rings. The van der Waals surface area contributed by atoms with Gasteiger partial charge in [-0.3, -0.25) is 4.98 Å². The van der Waals surface area contributed by atoms with E-state index in [1.165, 1.54) is 5.01 Å². The second-order valence-electron chi connectivity index (χ2n) is 6.46. The van der Waals surface area contributed by atoms with E-state index >= 15 is 0 Å². The molecule has 0 aliphatic heterocycles. The number of aromatic amines is 1. The highest BCUT2D eigenvalue weighted by Gasteiger charge is 2.10. The van der Waals surface area contributed by atoms with E-state index in [0.717, 1.165) is 44.3 Å². The summed E-state index contributed by atoms with van der Waals surface area (Å²) in [6.07, 6.45) is 9.65. The van der Waals surface area contributed by atoms with Gasteiger partial charge in [-0.15, -0.1) is 0 Å². The van der Waals surface area contributed by atoms with E-state index in [4.69, 9.17) is 10.8 Å². The zero-order valence-electron chi connectivity index (χ0n) is 15.3. The third kappa shape index (κ3) is 3.32. The molecule has 1 aromatic carbocycles. The van der Waals surface area contributed by atoms with E-state index in [2.05, 4.69) is 40.3 Å². The molecular formula is C22H21N5. The molecule has 0 saturated heterocycles. The van der Waals surface area contributed by atoms with Gasteiger partial charge < -0.3 is 9.99 Å². The van der Waals surface area contributed by atoms with Crippen molar-refractivity contribution in [1.29, 1.82) is 0 Å². The van der Waals surface area contributed by atoms with Crippen LogP contribution in [0.2, 0.25) is 0 Å². The highest BCUT2D eigenvalue weighted by Crippen LogP contribution is 2.30. The lowest BCUT2D eigenvalue weighted by Crippen LogP contribution is -2.19. The first-order valence-electron chi connectivity index (χ1n) is 8.81. The summed E-state index contributed by atoms with van der Waals surface area (Å²) in [5.41, 5.74) is 5.94. The average Bonchev–Trinajstić information content (AvgIpc) is 3.10. The van der Waals surface area contributed by atoms with Crippen LogP contribution in [0.3, 0.4) is 0 Å². The molecule has 0 spiro atoms. The molecule has 134 valence electrons. The smallest absolute Gasteiger partial charge is 0.138 e. The van der Waals surface area contributed by atoms with Crippen molar-refractivity contribution in [3.63, 3.8) is 0 Å². The van der Waals surface area contributed by atoms with Gasteiger partial charge in [0, 0.05) is 47.6 Å². The Bertz CT molecular complexity index is 1170. The second kappa shape index (κ2) is 7.05. The second-order valence-corrected chi connectivity index (χ2v) is 6.46. The van der Waals surface area contributed by atoms with Gasteiger partial charge in [-0.1, -0.05) is 24.3 Å². The molecule has 0 atom stereocenters. The number of hydrogen-bond donors (Lipinski definition) is 2. The van der Waals surface area contributed by atoms with Crippen LogP contribution < -0.4 is 5.84 Å². The van der Waals surface area contributed by atoms with Crippen molar-refractivity contribution in [2.24, 2.45) is 5.84 Å². The van der Waals surface area contributed by atoms with Crippen molar-refractivity contribution in [3.8, 4) is 11.1 Å². The summed E-state index contributed by atoms with van der Waals surface area (Å²) < 4.78 is 0. The number of nitrogens with zero attached hydrogens (tertiary/aromatic N) is 3. The van der Waals surface area contributed by atoms with E-state index in [1.54, 1.807) is 7.05 Å². The van der Waals surface area contributed by atoms with E-state index in [1.807, 2.05) is 49.8 Å². The summed E-state index contributed by atoms with van der Waals surface area (Å²) in [7, 11) is 1.79. The minimum Gasteiger partial charge on any atom is -0.345 e. The SMILES string of the molecule is C/C=C\C(=C/N(C)N)c1ccc2c(-c3ccc4ncccc4c3)c[nH]c2n1. The molecule has 4 aromatic rings. The van der Waals surface area contributed by atoms with Gasteiger partial charge in [0.2, 0.25) is 0 Å². The molecule has 0 unspecified atom stereocenters. The number of hydrazine groups is 1. The van der Waals surface area contributed by atoms with Gasteiger partial charge in [0.05, 0.1) is 11.2 Å². The van der Waals surface area contributed by atoms with Gasteiger partial charge in [0.25, 0.3) is 0 Å². The number of fused-ring (bicyclic) bond motifs is 2. The van der Waals surface area contributed by atoms with Crippen LogP contribution in [-0.4, -0.2) is 27.0 Å². The van der Waals surface area contributed by atoms with Crippen LogP contribution in [0.5, 0.6) is 0 Å². The summed E-state index contributed by atoms with van der Waals surface area (Å²) in [5, 5.41) is 3.74. The summed E-state index contributed by atoms with van der Waals surface area (Å²) in [6.45, 7) is 1.98. The Morgan fingerprint density at radius 1 is 1.19 bits per heavy atom. The quantitative estimate of drug-likeness (QED) is 0.321. The predicted octanol–water partition coefficient (Wildman–Crippen LogP) is 4.50. The lowest BCUT2D eigenvalue weighted by Gasteiger charge is -2.09. The Balaban J connectivity index is 1.80. The number of hydrogen-bond acceptors (Lipinski definition) is 4. The Kier molecular flexibility index (Phi) is 4.44. The molecule has 0 amide bonds. The maximum absolute atomic E-state index is 5.78.